The molecular formula is C15H22F2N2O. The van der Waals surface area contributed by atoms with Gasteiger partial charge in [-0.1, -0.05) is 12.1 Å². The molecule has 0 unspecified atom stereocenters. The molecule has 112 valence electrons. The second-order valence-corrected chi connectivity index (χ2v) is 5.23. The predicted octanol–water partition coefficient (Wildman–Crippen LogP) is 2.17. The molecular weight excluding hydrogens is 262 g/mol. The molecule has 1 aliphatic heterocycles. The van der Waals surface area contributed by atoms with Gasteiger partial charge in [0.1, 0.15) is 12.4 Å². The standard InChI is InChI=1S/C15H22F2N2O/c1-18-7-5-13-3-2-4-14(11-13)20-10-9-19-8-6-15(16,17)12-19/h2-4,11,18H,5-10,12H2,1H3. The van der Waals surface area contributed by atoms with Gasteiger partial charge < -0.3 is 10.1 Å². The van der Waals surface area contributed by atoms with E-state index in [-0.39, 0.29) is 13.0 Å². The van der Waals surface area contributed by atoms with Crippen LogP contribution in [0.5, 0.6) is 5.75 Å². The maximum atomic E-state index is 13.0. The third kappa shape index (κ3) is 4.72. The molecule has 0 bridgehead atoms. The summed E-state index contributed by atoms with van der Waals surface area (Å²) >= 11 is 0. The third-order valence-electron chi connectivity index (χ3n) is 3.49. The Kier molecular flexibility index (Phi) is 5.31. The van der Waals surface area contributed by atoms with Crippen molar-refractivity contribution in [3.8, 4) is 5.75 Å². The first-order valence-electron chi connectivity index (χ1n) is 7.06. The summed E-state index contributed by atoms with van der Waals surface area (Å²) in [6.07, 6.45) is 0.915. The summed E-state index contributed by atoms with van der Waals surface area (Å²) in [5.41, 5.74) is 1.21. The van der Waals surface area contributed by atoms with Crippen molar-refractivity contribution in [1.82, 2.24) is 10.2 Å². The second kappa shape index (κ2) is 6.99. The van der Waals surface area contributed by atoms with Crippen LogP contribution in [0.15, 0.2) is 24.3 Å². The van der Waals surface area contributed by atoms with E-state index in [1.807, 2.05) is 25.2 Å². The Hall–Kier alpha value is -1.20. The summed E-state index contributed by atoms with van der Waals surface area (Å²) in [6.45, 7) is 2.24. The Morgan fingerprint density at radius 1 is 1.40 bits per heavy atom. The van der Waals surface area contributed by atoms with E-state index in [1.54, 1.807) is 4.90 Å². The van der Waals surface area contributed by atoms with Gasteiger partial charge in [-0.3, -0.25) is 4.90 Å². The fourth-order valence-electron chi connectivity index (χ4n) is 2.35. The lowest BCUT2D eigenvalue weighted by Crippen LogP contribution is -2.29. The SMILES string of the molecule is CNCCc1cccc(OCCN2CCC(F)(F)C2)c1. The average Bonchev–Trinajstić information content (AvgIpc) is 2.76. The summed E-state index contributed by atoms with van der Waals surface area (Å²) < 4.78 is 31.7. The minimum atomic E-state index is -2.52. The molecule has 0 atom stereocenters. The van der Waals surface area contributed by atoms with Gasteiger partial charge in [0, 0.05) is 19.5 Å². The highest BCUT2D eigenvalue weighted by atomic mass is 19.3. The Labute approximate surface area is 118 Å². The van der Waals surface area contributed by atoms with Crippen LogP contribution in [0.1, 0.15) is 12.0 Å². The lowest BCUT2D eigenvalue weighted by Gasteiger charge is -2.16. The molecule has 3 nitrogen and oxygen atoms in total. The smallest absolute Gasteiger partial charge is 0.261 e. The Morgan fingerprint density at radius 3 is 2.95 bits per heavy atom. The molecule has 1 aromatic rings. The summed E-state index contributed by atoms with van der Waals surface area (Å²) in [5.74, 6) is -1.71. The monoisotopic (exact) mass is 284 g/mol. The molecule has 1 aliphatic rings. The van der Waals surface area contributed by atoms with Gasteiger partial charge in [0.2, 0.25) is 0 Å². The fraction of sp³-hybridized carbons (Fsp3) is 0.600. The molecule has 1 N–H and O–H groups in total. The molecule has 1 heterocycles. The van der Waals surface area contributed by atoms with Gasteiger partial charge in [-0.05, 0) is 37.7 Å². The van der Waals surface area contributed by atoms with Crippen molar-refractivity contribution >= 4 is 0 Å². The molecule has 1 fully saturated rings. The highest BCUT2D eigenvalue weighted by Crippen LogP contribution is 2.26. The van der Waals surface area contributed by atoms with E-state index in [0.29, 0.717) is 19.7 Å². The quantitative estimate of drug-likeness (QED) is 0.830. The van der Waals surface area contributed by atoms with Crippen molar-refractivity contribution in [3.05, 3.63) is 29.8 Å². The number of alkyl halides is 2. The van der Waals surface area contributed by atoms with E-state index in [2.05, 4.69) is 11.4 Å². The first kappa shape index (κ1) is 15.2. The number of ether oxygens (including phenoxy) is 1. The van der Waals surface area contributed by atoms with Crippen molar-refractivity contribution in [3.63, 3.8) is 0 Å². The van der Waals surface area contributed by atoms with E-state index in [9.17, 15) is 8.78 Å². The Bertz CT molecular complexity index is 426. The van der Waals surface area contributed by atoms with E-state index in [0.717, 1.165) is 18.7 Å². The van der Waals surface area contributed by atoms with Gasteiger partial charge in [-0.15, -0.1) is 0 Å². The van der Waals surface area contributed by atoms with E-state index in [4.69, 9.17) is 4.74 Å². The van der Waals surface area contributed by atoms with Gasteiger partial charge >= 0.3 is 0 Å². The highest BCUT2D eigenvalue weighted by Gasteiger charge is 2.37. The van der Waals surface area contributed by atoms with Crippen molar-refractivity contribution in [2.75, 3.05) is 39.8 Å². The number of hydrogen-bond acceptors (Lipinski definition) is 3. The summed E-state index contributed by atoms with van der Waals surface area (Å²) in [7, 11) is 1.92. The van der Waals surface area contributed by atoms with Gasteiger partial charge in [0.15, 0.2) is 0 Å². The minimum Gasteiger partial charge on any atom is -0.492 e. The number of rotatable bonds is 7. The second-order valence-electron chi connectivity index (χ2n) is 5.23. The molecule has 0 aromatic heterocycles. The van der Waals surface area contributed by atoms with Crippen LogP contribution in [0, 0.1) is 0 Å². The maximum Gasteiger partial charge on any atom is 0.261 e. The van der Waals surface area contributed by atoms with Crippen LogP contribution in [-0.4, -0.2) is 50.7 Å². The molecule has 2 rings (SSSR count). The van der Waals surface area contributed by atoms with Crippen LogP contribution in [0.3, 0.4) is 0 Å². The zero-order valence-electron chi connectivity index (χ0n) is 11.9. The Morgan fingerprint density at radius 2 is 2.25 bits per heavy atom. The summed E-state index contributed by atoms with van der Waals surface area (Å²) in [5, 5.41) is 3.11. The molecule has 0 saturated carbocycles. The molecule has 0 amide bonds. The molecule has 0 aliphatic carbocycles. The average molecular weight is 284 g/mol. The van der Waals surface area contributed by atoms with E-state index in [1.165, 1.54) is 5.56 Å². The van der Waals surface area contributed by atoms with Crippen molar-refractivity contribution in [2.45, 2.75) is 18.8 Å². The van der Waals surface area contributed by atoms with Gasteiger partial charge in [0.25, 0.3) is 5.92 Å². The van der Waals surface area contributed by atoms with Crippen LogP contribution >= 0.6 is 0 Å². The first-order valence-corrected chi connectivity index (χ1v) is 7.06. The van der Waals surface area contributed by atoms with Crippen LogP contribution in [-0.2, 0) is 6.42 Å². The molecule has 1 aromatic carbocycles. The van der Waals surface area contributed by atoms with Crippen LogP contribution in [0.4, 0.5) is 8.78 Å². The number of nitrogens with zero attached hydrogens (tertiary/aromatic N) is 1. The first-order chi connectivity index (χ1) is 9.59. The van der Waals surface area contributed by atoms with Crippen molar-refractivity contribution in [1.29, 1.82) is 0 Å². The van der Waals surface area contributed by atoms with Gasteiger partial charge in [0.05, 0.1) is 6.54 Å². The molecule has 5 heteroatoms. The van der Waals surface area contributed by atoms with E-state index < -0.39 is 5.92 Å². The summed E-state index contributed by atoms with van der Waals surface area (Å²) in [6, 6.07) is 7.94. The van der Waals surface area contributed by atoms with Crippen molar-refractivity contribution in [2.24, 2.45) is 0 Å². The number of hydrogen-bond donors (Lipinski definition) is 1. The molecule has 20 heavy (non-hydrogen) atoms. The largest absolute Gasteiger partial charge is 0.492 e. The predicted molar refractivity (Wildman–Crippen MR) is 75.6 cm³/mol. The summed E-state index contributed by atoms with van der Waals surface area (Å²) in [4.78, 5) is 1.75. The number of likely N-dealkylation sites (tertiary alicyclic amines) is 1. The fourth-order valence-corrected chi connectivity index (χ4v) is 2.35. The maximum absolute atomic E-state index is 13.0. The lowest BCUT2D eigenvalue weighted by molar-refractivity contribution is 0.0113. The molecule has 0 radical (unpaired) electrons. The zero-order valence-corrected chi connectivity index (χ0v) is 11.9. The van der Waals surface area contributed by atoms with Crippen molar-refractivity contribution < 1.29 is 13.5 Å². The van der Waals surface area contributed by atoms with Crippen LogP contribution in [0.2, 0.25) is 0 Å². The highest BCUT2D eigenvalue weighted by molar-refractivity contribution is 5.28. The topological polar surface area (TPSA) is 24.5 Å². The molecule has 1 saturated heterocycles. The third-order valence-corrected chi connectivity index (χ3v) is 3.49. The number of nitrogens with one attached hydrogen (secondary N) is 1. The number of halogens is 2. The number of likely N-dealkylation sites (N-methyl/N-ethyl adjacent to an activating group) is 1. The normalized spacial score (nSPS) is 18.4. The van der Waals surface area contributed by atoms with Crippen LogP contribution in [0.25, 0.3) is 0 Å². The zero-order chi connectivity index (χ0) is 14.4. The van der Waals surface area contributed by atoms with Crippen LogP contribution < -0.4 is 10.1 Å². The molecule has 0 spiro atoms. The Balaban J connectivity index is 1.74. The minimum absolute atomic E-state index is 0.0352. The lowest BCUT2D eigenvalue weighted by atomic mass is 10.1. The number of benzene rings is 1. The van der Waals surface area contributed by atoms with E-state index >= 15 is 0 Å². The van der Waals surface area contributed by atoms with Gasteiger partial charge in [-0.25, -0.2) is 8.78 Å². The van der Waals surface area contributed by atoms with Gasteiger partial charge in [-0.2, -0.15) is 0 Å².